The molecular weight excluding hydrogens is 326 g/mol. The van der Waals surface area contributed by atoms with E-state index in [0.717, 1.165) is 31.6 Å². The van der Waals surface area contributed by atoms with Gasteiger partial charge in [-0.05, 0) is 43.5 Å². The molecule has 3 rings (SSSR count). The Morgan fingerprint density at radius 1 is 1.17 bits per heavy atom. The van der Waals surface area contributed by atoms with E-state index in [0.29, 0.717) is 6.04 Å². The van der Waals surface area contributed by atoms with E-state index in [2.05, 4.69) is 10.2 Å². The maximum absolute atomic E-state index is 12.5. The first-order valence-corrected chi connectivity index (χ1v) is 9.09. The molecule has 23 heavy (non-hydrogen) atoms. The summed E-state index contributed by atoms with van der Waals surface area (Å²) in [6.45, 7) is 1.80. The van der Waals surface area contributed by atoms with Crippen LogP contribution in [-0.2, 0) is 9.84 Å². The molecule has 0 spiro atoms. The van der Waals surface area contributed by atoms with E-state index >= 15 is 0 Å². The van der Waals surface area contributed by atoms with Gasteiger partial charge in [-0.2, -0.15) is 8.78 Å². The Morgan fingerprint density at radius 2 is 1.83 bits per heavy atom. The van der Waals surface area contributed by atoms with Crippen molar-refractivity contribution in [3.8, 4) is 0 Å². The number of carbonyl (C=O) groups is 1. The normalized spacial score (nSPS) is 22.5. The minimum atomic E-state index is -4.62. The van der Waals surface area contributed by atoms with Gasteiger partial charge in [0.2, 0.25) is 9.84 Å². The molecule has 1 aliphatic carbocycles. The molecule has 1 amide bonds. The second kappa shape index (κ2) is 6.16. The van der Waals surface area contributed by atoms with E-state index < -0.39 is 20.5 Å². The van der Waals surface area contributed by atoms with Crippen LogP contribution in [0.3, 0.4) is 0 Å². The molecule has 5 nitrogen and oxygen atoms in total. The zero-order valence-corrected chi connectivity index (χ0v) is 13.2. The Hall–Kier alpha value is -1.54. The van der Waals surface area contributed by atoms with Gasteiger partial charge in [-0.25, -0.2) is 8.42 Å². The number of hydrogen-bond acceptors (Lipinski definition) is 4. The van der Waals surface area contributed by atoms with Crippen molar-refractivity contribution >= 4 is 15.7 Å². The van der Waals surface area contributed by atoms with E-state index in [4.69, 9.17) is 0 Å². The second-order valence-corrected chi connectivity index (χ2v) is 7.93. The minimum Gasteiger partial charge on any atom is -0.348 e. The third-order valence-corrected chi connectivity index (χ3v) is 5.70. The maximum atomic E-state index is 12.5. The lowest BCUT2D eigenvalue weighted by Gasteiger charge is -2.15. The third-order valence-electron chi connectivity index (χ3n) is 4.30. The van der Waals surface area contributed by atoms with Crippen LogP contribution in [-0.4, -0.2) is 50.2 Å². The van der Waals surface area contributed by atoms with E-state index in [1.807, 2.05) is 0 Å². The topological polar surface area (TPSA) is 66.5 Å². The second-order valence-electron chi connectivity index (χ2n) is 6.02. The van der Waals surface area contributed by atoms with Crippen molar-refractivity contribution in [3.05, 3.63) is 29.8 Å². The molecule has 1 saturated carbocycles. The number of hydrogen-bond donors (Lipinski definition) is 1. The van der Waals surface area contributed by atoms with Crippen LogP contribution in [0.25, 0.3) is 0 Å². The third kappa shape index (κ3) is 3.53. The van der Waals surface area contributed by atoms with E-state index in [1.165, 1.54) is 25.0 Å². The van der Waals surface area contributed by atoms with Crippen molar-refractivity contribution in [2.45, 2.75) is 42.0 Å². The van der Waals surface area contributed by atoms with Gasteiger partial charge in [0, 0.05) is 30.7 Å². The lowest BCUT2D eigenvalue weighted by atomic mass is 10.2. The first-order valence-electron chi connectivity index (χ1n) is 7.55. The highest BCUT2D eigenvalue weighted by atomic mass is 32.2. The Morgan fingerprint density at radius 3 is 2.39 bits per heavy atom. The van der Waals surface area contributed by atoms with Gasteiger partial charge in [-0.15, -0.1) is 0 Å². The van der Waals surface area contributed by atoms with Gasteiger partial charge in [-0.3, -0.25) is 9.69 Å². The van der Waals surface area contributed by atoms with Crippen LogP contribution in [0, 0.1) is 0 Å². The van der Waals surface area contributed by atoms with Gasteiger partial charge in [0.15, 0.2) is 0 Å². The summed E-state index contributed by atoms with van der Waals surface area (Å²) in [5.41, 5.74) is 0.267. The minimum absolute atomic E-state index is 0.0765. The number of nitrogens with one attached hydrogen (secondary N) is 1. The Labute approximate surface area is 133 Å². The Balaban J connectivity index is 1.62. The molecule has 1 aliphatic heterocycles. The summed E-state index contributed by atoms with van der Waals surface area (Å²) in [7, 11) is -4.62. The molecule has 1 saturated heterocycles. The molecular formula is C15H18F2N2O3S. The van der Waals surface area contributed by atoms with Gasteiger partial charge in [-0.1, -0.05) is 0 Å². The van der Waals surface area contributed by atoms with E-state index in [9.17, 15) is 22.0 Å². The van der Waals surface area contributed by atoms with Gasteiger partial charge in [0.25, 0.3) is 5.91 Å². The first kappa shape index (κ1) is 16.3. The molecule has 1 heterocycles. The number of benzene rings is 1. The Bertz CT molecular complexity index is 687. The van der Waals surface area contributed by atoms with E-state index in [-0.39, 0.29) is 17.5 Å². The highest BCUT2D eigenvalue weighted by Crippen LogP contribution is 2.29. The highest BCUT2D eigenvalue weighted by Gasteiger charge is 2.35. The molecule has 1 aromatic carbocycles. The predicted molar refractivity (Wildman–Crippen MR) is 80.1 cm³/mol. The summed E-state index contributed by atoms with van der Waals surface area (Å²) in [6.07, 6.45) is 3.33. The molecule has 2 fully saturated rings. The molecule has 0 radical (unpaired) electrons. The van der Waals surface area contributed by atoms with Gasteiger partial charge < -0.3 is 5.32 Å². The van der Waals surface area contributed by atoms with Gasteiger partial charge in [0.1, 0.15) is 0 Å². The summed E-state index contributed by atoms with van der Waals surface area (Å²) in [6, 6.07) is 5.35. The average molecular weight is 344 g/mol. The van der Waals surface area contributed by atoms with Crippen molar-refractivity contribution in [1.29, 1.82) is 0 Å². The molecule has 0 aromatic heterocycles. The first-order chi connectivity index (χ1) is 10.9. The van der Waals surface area contributed by atoms with Crippen molar-refractivity contribution in [3.63, 3.8) is 0 Å². The largest absolute Gasteiger partial charge is 0.348 e. The fraction of sp³-hybridized carbons (Fsp3) is 0.533. The zero-order chi connectivity index (χ0) is 16.6. The van der Waals surface area contributed by atoms with Crippen molar-refractivity contribution in [2.75, 3.05) is 13.1 Å². The molecule has 1 N–H and O–H groups in total. The Kier molecular flexibility index (Phi) is 4.37. The SMILES string of the molecule is O=C(NC1CCN(C2CC2)C1)c1ccc(S(=O)(=O)C(F)F)cc1. The monoisotopic (exact) mass is 344 g/mol. The van der Waals surface area contributed by atoms with Crippen LogP contribution in [0.15, 0.2) is 29.2 Å². The van der Waals surface area contributed by atoms with Crippen LogP contribution in [0.4, 0.5) is 8.78 Å². The number of sulfone groups is 1. The van der Waals surface area contributed by atoms with E-state index in [1.54, 1.807) is 0 Å². The van der Waals surface area contributed by atoms with Crippen molar-refractivity contribution in [1.82, 2.24) is 10.2 Å². The number of carbonyl (C=O) groups excluding carboxylic acids is 1. The molecule has 8 heteroatoms. The molecule has 2 aliphatic rings. The summed E-state index contributed by atoms with van der Waals surface area (Å²) in [4.78, 5) is 14.0. The predicted octanol–water partition coefficient (Wildman–Crippen LogP) is 1.65. The fourth-order valence-corrected chi connectivity index (χ4v) is 3.57. The van der Waals surface area contributed by atoms with Crippen LogP contribution < -0.4 is 5.32 Å². The smallest absolute Gasteiger partial charge is 0.341 e. The zero-order valence-electron chi connectivity index (χ0n) is 12.4. The van der Waals surface area contributed by atoms with Crippen LogP contribution in [0.1, 0.15) is 29.6 Å². The number of alkyl halides is 2. The molecule has 1 aromatic rings. The maximum Gasteiger partial charge on any atom is 0.341 e. The molecule has 1 unspecified atom stereocenters. The van der Waals surface area contributed by atoms with Gasteiger partial charge in [0.05, 0.1) is 4.90 Å². The standard InChI is InChI=1S/C15H18F2N2O3S/c16-15(17)23(21,22)13-5-1-10(2-6-13)14(20)18-11-7-8-19(9-11)12-3-4-12/h1-2,5-6,11-12,15H,3-4,7-9H2,(H,18,20). The summed E-state index contributed by atoms with van der Waals surface area (Å²) in [5.74, 6) is -3.78. The number of amides is 1. The average Bonchev–Trinajstić information content (AvgIpc) is 3.27. The lowest BCUT2D eigenvalue weighted by Crippen LogP contribution is -2.37. The van der Waals surface area contributed by atoms with Crippen LogP contribution in [0.5, 0.6) is 0 Å². The molecule has 126 valence electrons. The summed E-state index contributed by atoms with van der Waals surface area (Å²) >= 11 is 0. The highest BCUT2D eigenvalue weighted by molar-refractivity contribution is 7.91. The molecule has 0 bridgehead atoms. The number of halogens is 2. The number of likely N-dealkylation sites (tertiary alicyclic amines) is 1. The van der Waals surface area contributed by atoms with Gasteiger partial charge >= 0.3 is 5.76 Å². The lowest BCUT2D eigenvalue weighted by molar-refractivity contribution is 0.0937. The van der Waals surface area contributed by atoms with Crippen LogP contribution >= 0.6 is 0 Å². The fourth-order valence-electron chi connectivity index (χ4n) is 2.84. The summed E-state index contributed by atoms with van der Waals surface area (Å²) < 4.78 is 47.6. The van der Waals surface area contributed by atoms with Crippen molar-refractivity contribution in [2.24, 2.45) is 0 Å². The molecule has 1 atom stereocenters. The number of rotatable bonds is 5. The quantitative estimate of drug-likeness (QED) is 0.882. The van der Waals surface area contributed by atoms with Crippen LogP contribution in [0.2, 0.25) is 0 Å². The van der Waals surface area contributed by atoms with Crippen molar-refractivity contribution < 1.29 is 22.0 Å². The summed E-state index contributed by atoms with van der Waals surface area (Å²) in [5, 5.41) is 2.91. The number of nitrogens with zero attached hydrogens (tertiary/aromatic N) is 1.